The van der Waals surface area contributed by atoms with Crippen molar-refractivity contribution in [2.45, 2.75) is 114 Å². The first-order valence-electron chi connectivity index (χ1n) is 18.9. The summed E-state index contributed by atoms with van der Waals surface area (Å²) in [6.45, 7) is 15.8. The first-order valence-corrected chi connectivity index (χ1v) is 21.4. The van der Waals surface area contributed by atoms with E-state index in [0.29, 0.717) is 19.3 Å². The van der Waals surface area contributed by atoms with Crippen molar-refractivity contribution in [2.24, 2.45) is 16.7 Å². The van der Waals surface area contributed by atoms with E-state index in [9.17, 15) is 32.7 Å². The van der Waals surface area contributed by atoms with E-state index in [1.54, 1.807) is 11.8 Å². The Bertz CT molecular complexity index is 1840. The Morgan fingerprint density at radius 3 is 2.17 bits per heavy atom. The van der Waals surface area contributed by atoms with Crippen LogP contribution in [0.5, 0.6) is 0 Å². The summed E-state index contributed by atoms with van der Waals surface area (Å²) in [5.41, 5.74) is 0.339. The van der Waals surface area contributed by atoms with Crippen LogP contribution in [0.4, 0.5) is 4.79 Å². The molecule has 5 atom stereocenters. The third-order valence-electron chi connectivity index (χ3n) is 10.8. The maximum Gasteiger partial charge on any atom is 0.405 e. The second-order valence-corrected chi connectivity index (χ2v) is 20.6. The molecule has 3 aliphatic rings. The molecule has 1 aliphatic heterocycles. The van der Waals surface area contributed by atoms with Crippen LogP contribution in [-0.2, 0) is 29.2 Å². The Hall–Kier alpha value is -3.84. The van der Waals surface area contributed by atoms with Crippen LogP contribution in [0.15, 0.2) is 67.3 Å². The minimum Gasteiger partial charge on any atom is -0.465 e. The van der Waals surface area contributed by atoms with Gasteiger partial charge in [-0.3, -0.25) is 19.1 Å². The molecule has 5 rings (SSSR count). The van der Waals surface area contributed by atoms with Gasteiger partial charge < -0.3 is 20.6 Å². The SMILES string of the molecule is C=C[C@@H]1C[C@]1(NC(=O)[C@@H]1C[C@@](SCCCC)(c2ccc(-c3ccccc3)cc2)CN1C(=O)[C@@H](NC(=O)O)C(C)(C)CC(C)(C)C)C(=O)NS(=O)(=O)C1CC1. The Morgan fingerprint density at radius 2 is 1.63 bits per heavy atom. The molecule has 2 aromatic rings. The van der Waals surface area contributed by atoms with Gasteiger partial charge in [-0.05, 0) is 71.8 Å². The minimum absolute atomic E-state index is 0.118. The molecule has 3 fully saturated rings. The van der Waals surface area contributed by atoms with Crippen LogP contribution in [0.2, 0.25) is 0 Å². The molecule has 4 amide bonds. The number of nitrogens with zero attached hydrogens (tertiary/aromatic N) is 1. The smallest absolute Gasteiger partial charge is 0.405 e. The van der Waals surface area contributed by atoms with Crippen LogP contribution >= 0.6 is 11.8 Å². The lowest BCUT2D eigenvalue weighted by molar-refractivity contribution is -0.143. The molecule has 2 saturated carbocycles. The van der Waals surface area contributed by atoms with Crippen molar-refractivity contribution in [3.8, 4) is 11.1 Å². The van der Waals surface area contributed by atoms with E-state index in [0.717, 1.165) is 35.3 Å². The van der Waals surface area contributed by atoms with Gasteiger partial charge in [0.15, 0.2) is 0 Å². The Labute approximate surface area is 324 Å². The number of carbonyl (C=O) groups is 4. The molecule has 13 heteroatoms. The highest BCUT2D eigenvalue weighted by molar-refractivity contribution is 8.00. The molecular weight excluding hydrogens is 725 g/mol. The molecule has 2 aliphatic carbocycles. The fraction of sp³-hybridized carbons (Fsp3) is 0.561. The summed E-state index contributed by atoms with van der Waals surface area (Å²) in [6.07, 6.45) is 3.81. The van der Waals surface area contributed by atoms with Crippen LogP contribution in [0.1, 0.15) is 92.1 Å². The first kappa shape index (κ1) is 41.3. The summed E-state index contributed by atoms with van der Waals surface area (Å²) >= 11 is 1.67. The molecule has 4 N–H and O–H groups in total. The van der Waals surface area contributed by atoms with Gasteiger partial charge in [-0.25, -0.2) is 13.2 Å². The minimum atomic E-state index is -3.90. The summed E-state index contributed by atoms with van der Waals surface area (Å²) in [6, 6.07) is 15.8. The number of rotatable bonds is 16. The number of sulfonamides is 1. The topological polar surface area (TPSA) is 162 Å². The van der Waals surface area contributed by atoms with Crippen LogP contribution in [0, 0.1) is 16.7 Å². The molecule has 0 bridgehead atoms. The molecule has 54 heavy (non-hydrogen) atoms. The van der Waals surface area contributed by atoms with Crippen LogP contribution in [0.3, 0.4) is 0 Å². The summed E-state index contributed by atoms with van der Waals surface area (Å²) in [5.74, 6) is -1.71. The predicted molar refractivity (Wildman–Crippen MR) is 213 cm³/mol. The standard InChI is InChI=1S/C41H56N4O7S2/c1-8-10-22-53-40(30-18-16-28(17-19-30)27-14-12-11-13-15-27)24-32(45(26-40)35(47)33(42-37(49)50)39(6,7)25-38(3,4)5)34(46)43-41(23-29(41)9-2)36(48)44-54(51,52)31-20-21-31/h9,11-19,29,31-33,42H,2,8,10,20-26H2,1,3-7H3,(H,43,46)(H,44,48)(H,49,50)/t29-,32+,33-,40+,41-/m1/s1. The predicted octanol–water partition coefficient (Wildman–Crippen LogP) is 6.45. The van der Waals surface area contributed by atoms with E-state index in [2.05, 4.69) is 28.9 Å². The van der Waals surface area contributed by atoms with Gasteiger partial charge in [0.25, 0.3) is 5.91 Å². The van der Waals surface area contributed by atoms with Crippen molar-refractivity contribution in [2.75, 3.05) is 12.3 Å². The van der Waals surface area contributed by atoms with Crippen molar-refractivity contribution >= 4 is 45.6 Å². The maximum atomic E-state index is 15.0. The second-order valence-electron chi connectivity index (χ2n) is 17.1. The van der Waals surface area contributed by atoms with Gasteiger partial charge in [0, 0.05) is 12.5 Å². The molecule has 0 unspecified atom stereocenters. The van der Waals surface area contributed by atoms with E-state index in [-0.39, 0.29) is 24.8 Å². The Kier molecular flexibility index (Phi) is 12.0. The van der Waals surface area contributed by atoms with Gasteiger partial charge in [-0.1, -0.05) is 109 Å². The van der Waals surface area contributed by atoms with Gasteiger partial charge in [0.2, 0.25) is 21.8 Å². The van der Waals surface area contributed by atoms with Crippen molar-refractivity contribution in [1.82, 2.24) is 20.3 Å². The largest absolute Gasteiger partial charge is 0.465 e. The van der Waals surface area contributed by atoms with Crippen molar-refractivity contribution in [3.05, 3.63) is 72.8 Å². The fourth-order valence-electron chi connectivity index (χ4n) is 8.11. The number of unbranched alkanes of at least 4 members (excludes halogenated alkanes) is 1. The van der Waals surface area contributed by atoms with Crippen molar-refractivity contribution in [3.63, 3.8) is 0 Å². The summed E-state index contributed by atoms with van der Waals surface area (Å²) in [5, 5.41) is 14.8. The summed E-state index contributed by atoms with van der Waals surface area (Å²) in [7, 11) is -3.90. The lowest BCUT2D eigenvalue weighted by Gasteiger charge is -2.40. The molecule has 294 valence electrons. The molecule has 2 aromatic carbocycles. The summed E-state index contributed by atoms with van der Waals surface area (Å²) in [4.78, 5) is 57.1. The Morgan fingerprint density at radius 1 is 1.00 bits per heavy atom. The van der Waals surface area contributed by atoms with E-state index < -0.39 is 72.8 Å². The molecule has 0 spiro atoms. The molecule has 0 aromatic heterocycles. The Balaban J connectivity index is 1.56. The highest BCUT2D eigenvalue weighted by atomic mass is 32.2. The monoisotopic (exact) mass is 780 g/mol. The van der Waals surface area contributed by atoms with Gasteiger partial charge in [0.05, 0.1) is 10.00 Å². The third kappa shape index (κ3) is 9.16. The van der Waals surface area contributed by atoms with Crippen LogP contribution in [0.25, 0.3) is 11.1 Å². The highest BCUT2D eigenvalue weighted by Crippen LogP contribution is 2.50. The number of hydrogen-bond donors (Lipinski definition) is 4. The fourth-order valence-corrected chi connectivity index (χ4v) is 11.1. The van der Waals surface area contributed by atoms with Crippen LogP contribution in [-0.4, -0.2) is 77.4 Å². The third-order valence-corrected chi connectivity index (χ3v) is 14.2. The first-order chi connectivity index (χ1) is 25.3. The average Bonchev–Trinajstić information content (AvgIpc) is 4.03. The van der Waals surface area contributed by atoms with E-state index >= 15 is 0 Å². The highest BCUT2D eigenvalue weighted by Gasteiger charge is 2.63. The van der Waals surface area contributed by atoms with E-state index in [4.69, 9.17) is 0 Å². The van der Waals surface area contributed by atoms with E-state index in [1.165, 1.54) is 11.0 Å². The lowest BCUT2D eigenvalue weighted by atomic mass is 9.71. The quantitative estimate of drug-likeness (QED) is 0.112. The van der Waals surface area contributed by atoms with Gasteiger partial charge in [0.1, 0.15) is 17.6 Å². The normalized spacial score (nSPS) is 24.7. The van der Waals surface area contributed by atoms with Crippen molar-refractivity contribution in [1.29, 1.82) is 0 Å². The zero-order chi connectivity index (χ0) is 39.7. The molecule has 1 saturated heterocycles. The van der Waals surface area contributed by atoms with Gasteiger partial charge >= 0.3 is 6.09 Å². The average molecular weight is 781 g/mol. The number of nitrogens with one attached hydrogen (secondary N) is 3. The molecular formula is C41H56N4O7S2. The molecule has 1 heterocycles. The molecule has 11 nitrogen and oxygen atoms in total. The zero-order valence-corrected chi connectivity index (χ0v) is 33.9. The maximum absolute atomic E-state index is 15.0. The van der Waals surface area contributed by atoms with E-state index in [1.807, 2.05) is 89.2 Å². The number of amides is 4. The zero-order valence-electron chi connectivity index (χ0n) is 32.3. The molecule has 0 radical (unpaired) electrons. The number of likely N-dealkylation sites (tertiary alicyclic amines) is 1. The summed E-state index contributed by atoms with van der Waals surface area (Å²) < 4.78 is 27.1. The van der Waals surface area contributed by atoms with Gasteiger partial charge in [-0.2, -0.15) is 0 Å². The number of carboxylic acid groups (broad SMARTS) is 1. The number of thioether (sulfide) groups is 1. The second kappa shape index (κ2) is 15.7. The van der Waals surface area contributed by atoms with Gasteiger partial charge in [-0.15, -0.1) is 18.3 Å². The number of benzene rings is 2. The van der Waals surface area contributed by atoms with Crippen LogP contribution < -0.4 is 15.4 Å². The number of hydrogen-bond acceptors (Lipinski definition) is 7. The lowest BCUT2D eigenvalue weighted by Crippen LogP contribution is -2.60. The number of carbonyl (C=O) groups excluding carboxylic acids is 3. The van der Waals surface area contributed by atoms with Crippen molar-refractivity contribution < 1.29 is 32.7 Å².